The second-order valence-electron chi connectivity index (χ2n) is 7.22. The van der Waals surface area contributed by atoms with Crippen molar-refractivity contribution in [3.63, 3.8) is 0 Å². The number of thiazole rings is 1. The lowest BCUT2D eigenvalue weighted by Gasteiger charge is -2.12. The minimum Gasteiger partial charge on any atom is -0.451 e. The average Bonchev–Trinajstić information content (AvgIpc) is 3.48. The lowest BCUT2D eigenvalue weighted by molar-refractivity contribution is -0.384. The van der Waals surface area contributed by atoms with Gasteiger partial charge in [0, 0.05) is 32.2 Å². The van der Waals surface area contributed by atoms with Crippen molar-refractivity contribution in [1.29, 1.82) is 0 Å². The number of anilines is 1. The Morgan fingerprint density at radius 2 is 1.85 bits per heavy atom. The maximum Gasteiger partial charge on any atom is 0.291 e. The van der Waals surface area contributed by atoms with Crippen molar-refractivity contribution >= 4 is 70.7 Å². The second-order valence-corrected chi connectivity index (χ2v) is 10.0. The van der Waals surface area contributed by atoms with Crippen molar-refractivity contribution in [2.24, 2.45) is 0 Å². The normalized spacial score (nSPS) is 11.0. The van der Waals surface area contributed by atoms with E-state index in [1.54, 1.807) is 18.2 Å². The van der Waals surface area contributed by atoms with E-state index in [0.29, 0.717) is 21.5 Å². The average molecular weight is 599 g/mol. The van der Waals surface area contributed by atoms with E-state index in [4.69, 9.17) is 9.40 Å². The summed E-state index contributed by atoms with van der Waals surface area (Å²) in [7, 11) is 0. The van der Waals surface area contributed by atoms with Crippen LogP contribution in [0.4, 0.5) is 11.4 Å². The van der Waals surface area contributed by atoms with Crippen molar-refractivity contribution in [3.8, 4) is 21.9 Å². The fourth-order valence-electron chi connectivity index (χ4n) is 3.42. The number of non-ortho nitro benzene ring substituents is 1. The Labute approximate surface area is 213 Å². The van der Waals surface area contributed by atoms with Gasteiger partial charge in [-0.1, -0.05) is 40.2 Å². The Kier molecular flexibility index (Phi) is 6.03. The van der Waals surface area contributed by atoms with Gasteiger partial charge >= 0.3 is 0 Å². The number of aromatic nitrogens is 1. The van der Waals surface area contributed by atoms with Gasteiger partial charge in [0.05, 0.1) is 20.8 Å². The smallest absolute Gasteiger partial charge is 0.291 e. The number of para-hydroxylation sites is 1. The summed E-state index contributed by atoms with van der Waals surface area (Å²) in [5, 5.41) is 14.7. The number of benzene rings is 3. The van der Waals surface area contributed by atoms with Crippen LogP contribution in [0.15, 0.2) is 86.2 Å². The van der Waals surface area contributed by atoms with Crippen LogP contribution < -0.4 is 5.32 Å². The molecule has 5 aromatic rings. The van der Waals surface area contributed by atoms with Crippen LogP contribution in [-0.2, 0) is 0 Å². The van der Waals surface area contributed by atoms with Crippen LogP contribution >= 0.6 is 43.2 Å². The van der Waals surface area contributed by atoms with Gasteiger partial charge in [0.1, 0.15) is 10.8 Å². The van der Waals surface area contributed by atoms with Crippen LogP contribution in [0.5, 0.6) is 0 Å². The Morgan fingerprint density at radius 3 is 2.65 bits per heavy atom. The molecule has 3 aromatic carbocycles. The van der Waals surface area contributed by atoms with Gasteiger partial charge in [0.15, 0.2) is 5.76 Å². The predicted molar refractivity (Wildman–Crippen MR) is 139 cm³/mol. The van der Waals surface area contributed by atoms with Crippen LogP contribution in [0.1, 0.15) is 10.6 Å². The molecule has 7 nitrogen and oxygen atoms in total. The molecule has 34 heavy (non-hydrogen) atoms. The number of fused-ring (bicyclic) bond motifs is 1. The molecule has 0 unspecified atom stereocenters. The molecule has 2 aromatic heterocycles. The van der Waals surface area contributed by atoms with Crippen LogP contribution in [0.3, 0.4) is 0 Å². The van der Waals surface area contributed by atoms with Crippen molar-refractivity contribution < 1.29 is 14.1 Å². The number of amides is 1. The first-order valence-corrected chi connectivity index (χ1v) is 12.3. The number of nitrogens with one attached hydrogen (secondary N) is 1. The molecular formula is C24H13Br2N3O4S. The highest BCUT2D eigenvalue weighted by Crippen LogP contribution is 2.40. The Bertz CT molecular complexity index is 1540. The highest BCUT2D eigenvalue weighted by atomic mass is 79.9. The fourth-order valence-corrected chi connectivity index (χ4v) is 5.73. The Morgan fingerprint density at radius 1 is 1.03 bits per heavy atom. The quantitative estimate of drug-likeness (QED) is 0.164. The summed E-state index contributed by atoms with van der Waals surface area (Å²) in [4.78, 5) is 28.4. The summed E-state index contributed by atoms with van der Waals surface area (Å²) in [6, 6.07) is 20.8. The first kappa shape index (κ1) is 22.5. The van der Waals surface area contributed by atoms with E-state index in [0.717, 1.165) is 25.3 Å². The molecule has 0 saturated heterocycles. The molecule has 0 aliphatic heterocycles. The van der Waals surface area contributed by atoms with Gasteiger partial charge in [-0.25, -0.2) is 4.98 Å². The van der Waals surface area contributed by atoms with E-state index in [9.17, 15) is 14.9 Å². The van der Waals surface area contributed by atoms with Crippen LogP contribution in [0, 0.1) is 10.1 Å². The highest BCUT2D eigenvalue weighted by Gasteiger charge is 2.20. The molecule has 0 atom stereocenters. The zero-order chi connectivity index (χ0) is 23.8. The van der Waals surface area contributed by atoms with Crippen LogP contribution in [-0.4, -0.2) is 15.8 Å². The maximum absolute atomic E-state index is 13.1. The van der Waals surface area contributed by atoms with E-state index < -0.39 is 10.8 Å². The minimum atomic E-state index is -0.477. The topological polar surface area (TPSA) is 98.3 Å². The van der Waals surface area contributed by atoms with E-state index >= 15 is 0 Å². The molecule has 0 spiro atoms. The molecule has 2 heterocycles. The molecule has 1 amide bonds. The summed E-state index contributed by atoms with van der Waals surface area (Å²) >= 11 is 8.58. The first-order valence-electron chi connectivity index (χ1n) is 9.90. The number of hydrogen-bond donors (Lipinski definition) is 1. The van der Waals surface area contributed by atoms with E-state index in [-0.39, 0.29) is 11.4 Å². The summed E-state index contributed by atoms with van der Waals surface area (Å²) in [6.45, 7) is 0. The van der Waals surface area contributed by atoms with Crippen molar-refractivity contribution in [3.05, 3.63) is 97.6 Å². The van der Waals surface area contributed by atoms with Gasteiger partial charge < -0.3 is 9.73 Å². The van der Waals surface area contributed by atoms with Gasteiger partial charge in [-0.2, -0.15) is 0 Å². The van der Waals surface area contributed by atoms with Gasteiger partial charge in [-0.05, 0) is 52.3 Å². The zero-order valence-electron chi connectivity index (χ0n) is 17.1. The number of furan rings is 1. The fraction of sp³-hybridized carbons (Fsp3) is 0. The Hall–Kier alpha value is -3.34. The number of carbonyl (C=O) groups excluding carboxylic acids is 1. The largest absolute Gasteiger partial charge is 0.451 e. The first-order chi connectivity index (χ1) is 16.4. The standard InChI is InChI=1S/C24H13Br2N3O4S/c25-14-11-16(24-27-18-6-1-2-7-21(18)34-24)22(17(26)12-14)28-23(30)20-9-8-19(33-20)13-4-3-5-15(10-13)29(31)32/h1-12H,(H,28,30). The molecular weight excluding hydrogens is 586 g/mol. The lowest BCUT2D eigenvalue weighted by Crippen LogP contribution is -2.12. The number of nitro benzene ring substituents is 1. The third kappa shape index (κ3) is 4.39. The summed E-state index contributed by atoms with van der Waals surface area (Å²) in [6.07, 6.45) is 0. The van der Waals surface area contributed by atoms with Crippen LogP contribution in [0.2, 0.25) is 0 Å². The number of halogens is 2. The van der Waals surface area contributed by atoms with Crippen molar-refractivity contribution in [2.75, 3.05) is 5.32 Å². The molecule has 0 saturated carbocycles. The highest BCUT2D eigenvalue weighted by molar-refractivity contribution is 9.11. The molecule has 5 rings (SSSR count). The van der Waals surface area contributed by atoms with Gasteiger partial charge in [0.2, 0.25) is 0 Å². The van der Waals surface area contributed by atoms with Crippen molar-refractivity contribution in [1.82, 2.24) is 4.98 Å². The molecule has 0 radical (unpaired) electrons. The predicted octanol–water partition coefficient (Wildman–Crippen LogP) is 7.91. The summed E-state index contributed by atoms with van der Waals surface area (Å²) in [5.74, 6) is -0.0243. The lowest BCUT2D eigenvalue weighted by atomic mass is 10.1. The van der Waals surface area contributed by atoms with E-state index in [1.807, 2.05) is 36.4 Å². The SMILES string of the molecule is O=C(Nc1c(Br)cc(Br)cc1-c1nc2ccccc2s1)c1ccc(-c2cccc([N+](=O)[O-])c2)o1. The van der Waals surface area contributed by atoms with E-state index in [1.165, 1.54) is 29.5 Å². The summed E-state index contributed by atoms with van der Waals surface area (Å²) in [5.41, 5.74) is 2.64. The number of rotatable bonds is 5. The number of nitrogens with zero attached hydrogens (tertiary/aromatic N) is 2. The monoisotopic (exact) mass is 597 g/mol. The van der Waals surface area contributed by atoms with Gasteiger partial charge in [0.25, 0.3) is 11.6 Å². The van der Waals surface area contributed by atoms with Crippen LogP contribution in [0.25, 0.3) is 32.1 Å². The number of carbonyl (C=O) groups is 1. The zero-order valence-corrected chi connectivity index (χ0v) is 21.1. The second kappa shape index (κ2) is 9.13. The van der Waals surface area contributed by atoms with Crippen molar-refractivity contribution in [2.45, 2.75) is 0 Å². The van der Waals surface area contributed by atoms with E-state index in [2.05, 4.69) is 37.2 Å². The number of hydrogen-bond acceptors (Lipinski definition) is 6. The molecule has 168 valence electrons. The third-order valence-electron chi connectivity index (χ3n) is 4.99. The Balaban J connectivity index is 1.48. The molecule has 0 aliphatic rings. The molecule has 0 fully saturated rings. The van der Waals surface area contributed by atoms with Gasteiger partial charge in [-0.3, -0.25) is 14.9 Å². The molecule has 0 bridgehead atoms. The molecule has 10 heteroatoms. The molecule has 1 N–H and O–H groups in total. The minimum absolute atomic E-state index is 0.0563. The number of nitro groups is 1. The maximum atomic E-state index is 13.1. The van der Waals surface area contributed by atoms with Gasteiger partial charge in [-0.15, -0.1) is 11.3 Å². The molecule has 0 aliphatic carbocycles. The third-order valence-corrected chi connectivity index (χ3v) is 7.14. The summed E-state index contributed by atoms with van der Waals surface area (Å²) < 4.78 is 8.27.